The Bertz CT molecular complexity index is 540. The maximum absolute atomic E-state index is 12.3. The second-order valence-electron chi connectivity index (χ2n) is 6.26. The molecule has 1 aromatic carbocycles. The zero-order valence-corrected chi connectivity index (χ0v) is 13.0. The summed E-state index contributed by atoms with van der Waals surface area (Å²) in [6.07, 6.45) is 0.329. The van der Waals surface area contributed by atoms with E-state index in [0.29, 0.717) is 11.4 Å². The highest BCUT2D eigenvalue weighted by atomic mass is 35.5. The van der Waals surface area contributed by atoms with Gasteiger partial charge < -0.3 is 15.2 Å². The van der Waals surface area contributed by atoms with Crippen molar-refractivity contribution >= 4 is 23.3 Å². The lowest BCUT2D eigenvalue weighted by atomic mass is 9.97. The normalized spacial score (nSPS) is 23.6. The molecule has 0 radical (unpaired) electrons. The molecule has 1 aromatic rings. The number of carbonyl (C=O) groups excluding carboxylic acids is 1. The van der Waals surface area contributed by atoms with E-state index < -0.39 is 11.6 Å². The number of nitrogens with two attached hydrogens (primary N) is 1. The molecular weight excluding hydrogens is 278 g/mol. The number of hydrogen-bond donors (Lipinski definition) is 1. The number of esters is 1. The molecule has 0 bridgehead atoms. The number of ether oxygens (including phenoxy) is 2. The van der Waals surface area contributed by atoms with Gasteiger partial charge in [-0.15, -0.1) is 0 Å². The summed E-state index contributed by atoms with van der Waals surface area (Å²) < 4.78 is 11.5. The largest absolute Gasteiger partial charge is 0.456 e. The Kier molecular flexibility index (Phi) is 3.73. The summed E-state index contributed by atoms with van der Waals surface area (Å²) in [6.45, 7) is 7.80. The van der Waals surface area contributed by atoms with Gasteiger partial charge in [0.15, 0.2) is 0 Å². The van der Waals surface area contributed by atoms with Gasteiger partial charge in [-0.25, -0.2) is 4.79 Å². The Morgan fingerprint density at radius 3 is 2.60 bits per heavy atom. The van der Waals surface area contributed by atoms with Crippen LogP contribution in [-0.2, 0) is 9.47 Å². The molecule has 2 N–H and O–H groups in total. The zero-order chi connectivity index (χ0) is 15.1. The van der Waals surface area contributed by atoms with Gasteiger partial charge in [-0.1, -0.05) is 17.7 Å². The van der Waals surface area contributed by atoms with Gasteiger partial charge >= 0.3 is 5.97 Å². The molecule has 0 aromatic heterocycles. The summed E-state index contributed by atoms with van der Waals surface area (Å²) in [7, 11) is 0. The number of para-hydroxylation sites is 1. The first-order valence-electron chi connectivity index (χ1n) is 6.57. The van der Waals surface area contributed by atoms with Gasteiger partial charge in [0.05, 0.1) is 21.9 Å². The van der Waals surface area contributed by atoms with E-state index in [2.05, 4.69) is 0 Å². The van der Waals surface area contributed by atoms with Crippen LogP contribution in [0.2, 0.25) is 5.02 Å². The fraction of sp³-hybridized carbons (Fsp3) is 0.533. The molecular formula is C15H20ClNO3. The third-order valence-electron chi connectivity index (χ3n) is 3.51. The van der Waals surface area contributed by atoms with Gasteiger partial charge in [-0.2, -0.15) is 0 Å². The van der Waals surface area contributed by atoms with E-state index in [1.807, 2.05) is 27.7 Å². The topological polar surface area (TPSA) is 61.5 Å². The number of rotatable bonds is 2. The predicted molar refractivity (Wildman–Crippen MR) is 78.9 cm³/mol. The van der Waals surface area contributed by atoms with Crippen LogP contribution in [-0.4, -0.2) is 23.3 Å². The van der Waals surface area contributed by atoms with Crippen LogP contribution in [0, 0.1) is 0 Å². The first kappa shape index (κ1) is 15.1. The van der Waals surface area contributed by atoms with Crippen molar-refractivity contribution in [3.63, 3.8) is 0 Å². The van der Waals surface area contributed by atoms with Gasteiger partial charge in [0, 0.05) is 6.42 Å². The highest BCUT2D eigenvalue weighted by Gasteiger charge is 2.48. The molecule has 1 unspecified atom stereocenters. The monoisotopic (exact) mass is 297 g/mol. The minimum atomic E-state index is -0.521. The van der Waals surface area contributed by atoms with Crippen LogP contribution in [0.1, 0.15) is 44.5 Å². The molecule has 1 atom stereocenters. The minimum Gasteiger partial charge on any atom is -0.456 e. The van der Waals surface area contributed by atoms with E-state index in [9.17, 15) is 4.79 Å². The first-order chi connectivity index (χ1) is 9.12. The quantitative estimate of drug-likeness (QED) is 0.671. The van der Waals surface area contributed by atoms with Gasteiger partial charge in [0.1, 0.15) is 11.7 Å². The third-order valence-corrected chi connectivity index (χ3v) is 3.84. The number of carbonyl (C=O) groups is 1. The lowest BCUT2D eigenvalue weighted by Crippen LogP contribution is -2.36. The number of hydrogen-bond acceptors (Lipinski definition) is 4. The van der Waals surface area contributed by atoms with E-state index in [4.69, 9.17) is 26.8 Å². The van der Waals surface area contributed by atoms with Crippen molar-refractivity contribution < 1.29 is 14.3 Å². The van der Waals surface area contributed by atoms with Crippen molar-refractivity contribution in [2.45, 2.75) is 51.4 Å². The SMILES string of the molecule is CC1(C)CC(OC(=O)c2cccc(Cl)c2N)C(C)(C)O1. The molecule has 1 saturated heterocycles. The first-order valence-corrected chi connectivity index (χ1v) is 6.95. The van der Waals surface area contributed by atoms with Gasteiger partial charge in [0.2, 0.25) is 0 Å². The molecule has 4 nitrogen and oxygen atoms in total. The van der Waals surface area contributed by atoms with Crippen molar-refractivity contribution in [3.8, 4) is 0 Å². The number of benzene rings is 1. The van der Waals surface area contributed by atoms with Crippen LogP contribution in [0.5, 0.6) is 0 Å². The van der Waals surface area contributed by atoms with Crippen molar-refractivity contribution in [3.05, 3.63) is 28.8 Å². The summed E-state index contributed by atoms with van der Waals surface area (Å²) in [4.78, 5) is 12.3. The molecule has 1 fully saturated rings. The van der Waals surface area contributed by atoms with Crippen molar-refractivity contribution in [2.24, 2.45) is 0 Å². The summed E-state index contributed by atoms with van der Waals surface area (Å²) in [5.41, 5.74) is 5.52. The molecule has 1 aliphatic heterocycles. The molecule has 110 valence electrons. The van der Waals surface area contributed by atoms with E-state index in [1.165, 1.54) is 0 Å². The fourth-order valence-electron chi connectivity index (χ4n) is 2.60. The van der Waals surface area contributed by atoms with Crippen LogP contribution in [0.25, 0.3) is 0 Å². The Morgan fingerprint density at radius 1 is 1.40 bits per heavy atom. The molecule has 0 saturated carbocycles. The molecule has 1 aliphatic rings. The van der Waals surface area contributed by atoms with E-state index in [-0.39, 0.29) is 23.0 Å². The van der Waals surface area contributed by atoms with Crippen LogP contribution >= 0.6 is 11.6 Å². The van der Waals surface area contributed by atoms with Gasteiger partial charge in [-0.3, -0.25) is 0 Å². The van der Waals surface area contributed by atoms with E-state index in [0.717, 1.165) is 0 Å². The number of halogens is 1. The van der Waals surface area contributed by atoms with Crippen LogP contribution < -0.4 is 5.73 Å². The Hall–Kier alpha value is -1.26. The van der Waals surface area contributed by atoms with E-state index in [1.54, 1.807) is 18.2 Å². The smallest absolute Gasteiger partial charge is 0.340 e. The average Bonchev–Trinajstić information content (AvgIpc) is 2.50. The number of anilines is 1. The Balaban J connectivity index is 2.18. The van der Waals surface area contributed by atoms with Crippen molar-refractivity contribution in [1.82, 2.24) is 0 Å². The molecule has 0 spiro atoms. The van der Waals surface area contributed by atoms with Crippen molar-refractivity contribution in [2.75, 3.05) is 5.73 Å². The summed E-state index contributed by atoms with van der Waals surface area (Å²) in [5, 5.41) is 0.349. The minimum absolute atomic E-state index is 0.246. The summed E-state index contributed by atoms with van der Waals surface area (Å²) in [6, 6.07) is 4.92. The molecule has 2 rings (SSSR count). The standard InChI is InChI=1S/C15H20ClNO3/c1-14(2)8-11(15(3,4)20-14)19-13(18)9-6-5-7-10(16)12(9)17/h5-7,11H,8,17H2,1-4H3. The third kappa shape index (κ3) is 2.91. The molecule has 0 aliphatic carbocycles. The van der Waals surface area contributed by atoms with Crippen LogP contribution in [0.4, 0.5) is 5.69 Å². The maximum Gasteiger partial charge on any atom is 0.340 e. The van der Waals surface area contributed by atoms with Gasteiger partial charge in [-0.05, 0) is 39.8 Å². The fourth-order valence-corrected chi connectivity index (χ4v) is 2.78. The second-order valence-corrected chi connectivity index (χ2v) is 6.67. The Morgan fingerprint density at radius 2 is 2.05 bits per heavy atom. The highest BCUT2D eigenvalue weighted by molar-refractivity contribution is 6.33. The lowest BCUT2D eigenvalue weighted by Gasteiger charge is -2.26. The maximum atomic E-state index is 12.3. The lowest BCUT2D eigenvalue weighted by molar-refractivity contribution is -0.0924. The second kappa shape index (κ2) is 4.93. The predicted octanol–water partition coefficient (Wildman–Crippen LogP) is 3.43. The van der Waals surface area contributed by atoms with Crippen LogP contribution in [0.15, 0.2) is 18.2 Å². The molecule has 1 heterocycles. The Labute approximate surface area is 124 Å². The van der Waals surface area contributed by atoms with Crippen LogP contribution in [0.3, 0.4) is 0 Å². The molecule has 0 amide bonds. The average molecular weight is 298 g/mol. The number of nitrogen functional groups attached to an aromatic ring is 1. The summed E-state index contributed by atoms with van der Waals surface area (Å²) in [5.74, 6) is -0.468. The molecule has 5 heteroatoms. The van der Waals surface area contributed by atoms with Crippen molar-refractivity contribution in [1.29, 1.82) is 0 Å². The van der Waals surface area contributed by atoms with E-state index >= 15 is 0 Å². The summed E-state index contributed by atoms with van der Waals surface area (Å²) >= 11 is 5.92. The highest BCUT2D eigenvalue weighted by Crippen LogP contribution is 2.39. The van der Waals surface area contributed by atoms with Gasteiger partial charge in [0.25, 0.3) is 0 Å². The zero-order valence-electron chi connectivity index (χ0n) is 12.2. The molecule has 20 heavy (non-hydrogen) atoms.